The average Bonchev–Trinajstić information content (AvgIpc) is 3.13. The molecule has 3 aromatic rings. The van der Waals surface area contributed by atoms with E-state index in [0.717, 1.165) is 40.3 Å². The minimum atomic E-state index is -0.503. The fraction of sp³-hybridized carbons (Fsp3) is 0.208. The number of nitriles is 1. The third-order valence-electron chi connectivity index (χ3n) is 4.44. The molecule has 1 heterocycles. The standard InChI is InChI=1S/C24H22ClN3O2S/c1-3-4-12-30-21-10-8-17(9-11-21)13-19(15-26)23(29)28-24-27-22(16(2)31-24)18-6-5-7-20(25)14-18/h5-11,13-14H,3-4,12H2,1-2H3,(H,27,28,29)/b19-13+. The quantitative estimate of drug-likeness (QED) is 0.241. The first kappa shape index (κ1) is 22.5. The van der Waals surface area contributed by atoms with Crippen LogP contribution in [0.3, 0.4) is 0 Å². The Kier molecular flexibility index (Phi) is 7.82. The van der Waals surface area contributed by atoms with E-state index in [-0.39, 0.29) is 5.57 Å². The number of thiazole rings is 1. The summed E-state index contributed by atoms with van der Waals surface area (Å²) in [6.07, 6.45) is 3.61. The number of amides is 1. The maximum Gasteiger partial charge on any atom is 0.268 e. The van der Waals surface area contributed by atoms with Crippen LogP contribution in [0.15, 0.2) is 54.1 Å². The monoisotopic (exact) mass is 451 g/mol. The molecule has 158 valence electrons. The lowest BCUT2D eigenvalue weighted by Gasteiger charge is -2.05. The molecule has 0 aliphatic carbocycles. The molecule has 0 aliphatic rings. The van der Waals surface area contributed by atoms with Crippen LogP contribution in [0.4, 0.5) is 5.13 Å². The smallest absolute Gasteiger partial charge is 0.268 e. The van der Waals surface area contributed by atoms with E-state index in [1.165, 1.54) is 11.3 Å². The molecule has 1 N–H and O–H groups in total. The Hall–Kier alpha value is -3.14. The van der Waals surface area contributed by atoms with E-state index >= 15 is 0 Å². The molecule has 0 saturated heterocycles. The molecule has 2 aromatic carbocycles. The molecule has 0 fully saturated rings. The van der Waals surface area contributed by atoms with Crippen LogP contribution in [0.1, 0.15) is 30.2 Å². The summed E-state index contributed by atoms with van der Waals surface area (Å²) in [5.74, 6) is 0.262. The summed E-state index contributed by atoms with van der Waals surface area (Å²) >= 11 is 7.42. The van der Waals surface area contributed by atoms with Gasteiger partial charge in [0.15, 0.2) is 5.13 Å². The summed E-state index contributed by atoms with van der Waals surface area (Å²) in [5, 5.41) is 13.2. The lowest BCUT2D eigenvalue weighted by Crippen LogP contribution is -2.13. The number of nitrogens with zero attached hydrogens (tertiary/aromatic N) is 2. The van der Waals surface area contributed by atoms with Gasteiger partial charge in [-0.2, -0.15) is 5.26 Å². The van der Waals surface area contributed by atoms with Crippen molar-refractivity contribution < 1.29 is 9.53 Å². The van der Waals surface area contributed by atoms with Gasteiger partial charge in [-0.3, -0.25) is 10.1 Å². The van der Waals surface area contributed by atoms with Crippen molar-refractivity contribution in [3.63, 3.8) is 0 Å². The molecular formula is C24H22ClN3O2S. The maximum absolute atomic E-state index is 12.6. The first-order chi connectivity index (χ1) is 15.0. The SMILES string of the molecule is CCCCOc1ccc(/C=C(\C#N)C(=O)Nc2nc(-c3cccc(Cl)c3)c(C)s2)cc1. The average molecular weight is 452 g/mol. The zero-order valence-corrected chi connectivity index (χ0v) is 18.9. The van der Waals surface area contributed by atoms with Crippen LogP contribution in [-0.4, -0.2) is 17.5 Å². The van der Waals surface area contributed by atoms with Crippen LogP contribution in [0.2, 0.25) is 5.02 Å². The van der Waals surface area contributed by atoms with Crippen molar-refractivity contribution in [1.29, 1.82) is 5.26 Å². The van der Waals surface area contributed by atoms with Crippen molar-refractivity contribution in [2.24, 2.45) is 0 Å². The molecule has 0 atom stereocenters. The lowest BCUT2D eigenvalue weighted by atomic mass is 10.1. The van der Waals surface area contributed by atoms with Gasteiger partial charge in [-0.25, -0.2) is 4.98 Å². The van der Waals surface area contributed by atoms with Crippen LogP contribution in [0.25, 0.3) is 17.3 Å². The van der Waals surface area contributed by atoms with Gasteiger partial charge in [0.2, 0.25) is 0 Å². The molecule has 7 heteroatoms. The molecule has 0 spiro atoms. The molecule has 0 aliphatic heterocycles. The number of hydrogen-bond acceptors (Lipinski definition) is 5. The van der Waals surface area contributed by atoms with Gasteiger partial charge in [-0.15, -0.1) is 11.3 Å². The van der Waals surface area contributed by atoms with Gasteiger partial charge in [0.05, 0.1) is 12.3 Å². The third-order valence-corrected chi connectivity index (χ3v) is 5.56. The number of anilines is 1. The number of hydrogen-bond donors (Lipinski definition) is 1. The zero-order valence-electron chi connectivity index (χ0n) is 17.3. The number of aryl methyl sites for hydroxylation is 1. The van der Waals surface area contributed by atoms with Gasteiger partial charge in [0, 0.05) is 15.5 Å². The minimum Gasteiger partial charge on any atom is -0.494 e. The van der Waals surface area contributed by atoms with Gasteiger partial charge in [-0.05, 0) is 49.2 Å². The number of benzene rings is 2. The molecule has 0 saturated carbocycles. The van der Waals surface area contributed by atoms with E-state index in [9.17, 15) is 10.1 Å². The first-order valence-corrected chi connectivity index (χ1v) is 11.1. The highest BCUT2D eigenvalue weighted by Crippen LogP contribution is 2.31. The van der Waals surface area contributed by atoms with Crippen molar-refractivity contribution >= 4 is 40.1 Å². The summed E-state index contributed by atoms with van der Waals surface area (Å²) in [6, 6.07) is 16.6. The van der Waals surface area contributed by atoms with E-state index in [1.54, 1.807) is 12.1 Å². The topological polar surface area (TPSA) is 75.0 Å². The van der Waals surface area contributed by atoms with Gasteiger partial charge >= 0.3 is 0 Å². The van der Waals surface area contributed by atoms with Gasteiger partial charge in [0.1, 0.15) is 17.4 Å². The van der Waals surface area contributed by atoms with E-state index in [1.807, 2.05) is 55.5 Å². The normalized spacial score (nSPS) is 11.1. The van der Waals surface area contributed by atoms with E-state index in [2.05, 4.69) is 17.2 Å². The van der Waals surface area contributed by atoms with Crippen molar-refractivity contribution in [3.8, 4) is 23.1 Å². The molecule has 3 rings (SSSR count). The zero-order chi connectivity index (χ0) is 22.2. The van der Waals surface area contributed by atoms with Crippen LogP contribution < -0.4 is 10.1 Å². The summed E-state index contributed by atoms with van der Waals surface area (Å²) in [6.45, 7) is 4.70. The Morgan fingerprint density at radius 3 is 2.74 bits per heavy atom. The fourth-order valence-corrected chi connectivity index (χ4v) is 3.85. The highest BCUT2D eigenvalue weighted by molar-refractivity contribution is 7.16. The Balaban J connectivity index is 1.71. The molecule has 0 unspecified atom stereocenters. The van der Waals surface area contributed by atoms with Gasteiger partial charge < -0.3 is 4.74 Å². The number of carbonyl (C=O) groups is 1. The molecule has 0 radical (unpaired) electrons. The molecule has 0 bridgehead atoms. The fourth-order valence-electron chi connectivity index (χ4n) is 2.83. The first-order valence-electron chi connectivity index (χ1n) is 9.89. The number of unbranched alkanes of at least 4 members (excludes halogenated alkanes) is 1. The molecule has 5 nitrogen and oxygen atoms in total. The van der Waals surface area contributed by atoms with E-state index < -0.39 is 5.91 Å². The number of carbonyl (C=O) groups excluding carboxylic acids is 1. The number of ether oxygens (including phenoxy) is 1. The van der Waals surface area contributed by atoms with Crippen LogP contribution >= 0.6 is 22.9 Å². The van der Waals surface area contributed by atoms with Crippen LogP contribution in [-0.2, 0) is 4.79 Å². The highest BCUT2D eigenvalue weighted by atomic mass is 35.5. The van der Waals surface area contributed by atoms with Gasteiger partial charge in [-0.1, -0.05) is 49.2 Å². The number of halogens is 1. The van der Waals surface area contributed by atoms with Crippen LogP contribution in [0.5, 0.6) is 5.75 Å². The third kappa shape index (κ3) is 6.17. The Bertz CT molecular complexity index is 1130. The van der Waals surface area contributed by atoms with Crippen LogP contribution in [0, 0.1) is 18.3 Å². The number of rotatable bonds is 8. The van der Waals surface area contributed by atoms with E-state index in [4.69, 9.17) is 16.3 Å². The Morgan fingerprint density at radius 2 is 2.06 bits per heavy atom. The van der Waals surface area contributed by atoms with Crippen molar-refractivity contribution in [2.75, 3.05) is 11.9 Å². The molecule has 31 heavy (non-hydrogen) atoms. The van der Waals surface area contributed by atoms with Crippen molar-refractivity contribution in [2.45, 2.75) is 26.7 Å². The maximum atomic E-state index is 12.6. The molecular weight excluding hydrogens is 430 g/mol. The number of aromatic nitrogens is 1. The molecule has 1 amide bonds. The van der Waals surface area contributed by atoms with Crippen molar-refractivity contribution in [3.05, 3.63) is 69.6 Å². The predicted molar refractivity (Wildman–Crippen MR) is 126 cm³/mol. The van der Waals surface area contributed by atoms with Crippen molar-refractivity contribution in [1.82, 2.24) is 4.98 Å². The Labute approximate surface area is 191 Å². The van der Waals surface area contributed by atoms with E-state index in [0.29, 0.717) is 16.8 Å². The second kappa shape index (κ2) is 10.8. The second-order valence-corrected chi connectivity index (χ2v) is 8.47. The minimum absolute atomic E-state index is 0.00295. The lowest BCUT2D eigenvalue weighted by molar-refractivity contribution is -0.112. The van der Waals surface area contributed by atoms with Gasteiger partial charge in [0.25, 0.3) is 5.91 Å². The second-order valence-electron chi connectivity index (χ2n) is 6.83. The summed E-state index contributed by atoms with van der Waals surface area (Å²) < 4.78 is 5.64. The Morgan fingerprint density at radius 1 is 1.29 bits per heavy atom. The summed E-state index contributed by atoms with van der Waals surface area (Å²) in [4.78, 5) is 18.1. The molecule has 1 aromatic heterocycles. The largest absolute Gasteiger partial charge is 0.494 e. The predicted octanol–water partition coefficient (Wildman–Crippen LogP) is 6.50. The number of nitrogens with one attached hydrogen (secondary N) is 1. The summed E-state index contributed by atoms with van der Waals surface area (Å²) in [5.41, 5.74) is 2.37. The summed E-state index contributed by atoms with van der Waals surface area (Å²) in [7, 11) is 0. The highest BCUT2D eigenvalue weighted by Gasteiger charge is 2.15.